The lowest BCUT2D eigenvalue weighted by molar-refractivity contribution is -0.137. The molecule has 192 valence electrons. The van der Waals surface area contributed by atoms with Crippen LogP contribution in [-0.4, -0.2) is 29.9 Å². The largest absolute Gasteiger partial charge is 0.416 e. The van der Waals surface area contributed by atoms with E-state index in [2.05, 4.69) is 4.90 Å². The van der Waals surface area contributed by atoms with Gasteiger partial charge in [0.25, 0.3) is 0 Å². The van der Waals surface area contributed by atoms with E-state index in [-0.39, 0.29) is 29.5 Å². The first-order valence-corrected chi connectivity index (χ1v) is 12.7. The summed E-state index contributed by atoms with van der Waals surface area (Å²) in [6.07, 6.45) is -0.345. The van der Waals surface area contributed by atoms with Crippen LogP contribution in [-0.2, 0) is 15.7 Å². The molecule has 2 fully saturated rings. The fourth-order valence-electron chi connectivity index (χ4n) is 6.36. The molecule has 2 aromatic carbocycles. The van der Waals surface area contributed by atoms with Crippen LogP contribution in [0.3, 0.4) is 0 Å². The van der Waals surface area contributed by atoms with E-state index in [1.165, 1.54) is 18.2 Å². The summed E-state index contributed by atoms with van der Waals surface area (Å²) in [5, 5.41) is 0. The predicted molar refractivity (Wildman–Crippen MR) is 129 cm³/mol. The molecule has 2 aliphatic carbocycles. The van der Waals surface area contributed by atoms with Gasteiger partial charge in [0.2, 0.25) is 0 Å². The van der Waals surface area contributed by atoms with E-state index >= 15 is 0 Å². The van der Waals surface area contributed by atoms with Gasteiger partial charge in [0, 0.05) is 37.2 Å². The number of likely N-dealkylation sites (tertiary alicyclic amines) is 1. The maximum atomic E-state index is 13.8. The zero-order valence-corrected chi connectivity index (χ0v) is 20.5. The zero-order chi connectivity index (χ0) is 25.6. The number of alkyl halides is 3. The van der Waals surface area contributed by atoms with E-state index in [1.807, 2.05) is 0 Å². The van der Waals surface area contributed by atoms with Gasteiger partial charge in [-0.1, -0.05) is 23.8 Å². The SMILES string of the molecule is Cc1cc([C@@H](C)O[C@H]2CC[C@@H]3CN(C4=CC(=O)CC4)C[C@H]3[C@@H]2c2ccc(F)cc2)cc(C(F)(F)F)c1. The van der Waals surface area contributed by atoms with Crippen molar-refractivity contribution in [2.45, 2.75) is 63.8 Å². The summed E-state index contributed by atoms with van der Waals surface area (Å²) in [5.41, 5.74) is 2.46. The van der Waals surface area contributed by atoms with E-state index in [0.29, 0.717) is 23.5 Å². The second-order valence-electron chi connectivity index (χ2n) is 10.5. The lowest BCUT2D eigenvalue weighted by Gasteiger charge is -2.41. The van der Waals surface area contributed by atoms with Gasteiger partial charge >= 0.3 is 6.18 Å². The van der Waals surface area contributed by atoms with Gasteiger partial charge in [0.05, 0.1) is 17.8 Å². The Morgan fingerprint density at radius 2 is 1.78 bits per heavy atom. The minimum atomic E-state index is -4.42. The lowest BCUT2D eigenvalue weighted by atomic mass is 9.69. The van der Waals surface area contributed by atoms with Crippen LogP contribution in [0.1, 0.15) is 66.9 Å². The van der Waals surface area contributed by atoms with Crippen molar-refractivity contribution in [1.29, 1.82) is 0 Å². The van der Waals surface area contributed by atoms with E-state index in [9.17, 15) is 22.4 Å². The van der Waals surface area contributed by atoms with E-state index in [4.69, 9.17) is 4.74 Å². The third-order valence-electron chi connectivity index (χ3n) is 8.07. The first-order chi connectivity index (χ1) is 17.1. The molecule has 0 bridgehead atoms. The predicted octanol–water partition coefficient (Wildman–Crippen LogP) is 6.97. The summed E-state index contributed by atoms with van der Waals surface area (Å²) in [5.74, 6) is 0.519. The van der Waals surface area contributed by atoms with Gasteiger partial charge in [-0.05, 0) is 80.3 Å². The normalized spacial score (nSPS) is 27.2. The van der Waals surface area contributed by atoms with Gasteiger partial charge in [-0.25, -0.2) is 4.39 Å². The minimum absolute atomic E-state index is 0.0126. The molecule has 1 heterocycles. The van der Waals surface area contributed by atoms with Crippen LogP contribution in [0.5, 0.6) is 0 Å². The lowest BCUT2D eigenvalue weighted by Crippen LogP contribution is -2.38. The van der Waals surface area contributed by atoms with Crippen LogP contribution in [0.25, 0.3) is 0 Å². The molecule has 1 aliphatic heterocycles. The minimum Gasteiger partial charge on any atom is -0.374 e. The van der Waals surface area contributed by atoms with E-state index in [1.54, 1.807) is 38.1 Å². The van der Waals surface area contributed by atoms with Gasteiger partial charge in [-0.2, -0.15) is 13.2 Å². The van der Waals surface area contributed by atoms with Crippen LogP contribution in [0.2, 0.25) is 0 Å². The highest BCUT2D eigenvalue weighted by Gasteiger charge is 2.46. The summed E-state index contributed by atoms with van der Waals surface area (Å²) in [4.78, 5) is 14.1. The number of ether oxygens (including phenoxy) is 1. The number of carbonyl (C=O) groups is 1. The molecule has 0 amide bonds. The summed E-state index contributed by atoms with van der Waals surface area (Å²) in [6.45, 7) is 5.14. The second-order valence-corrected chi connectivity index (χ2v) is 10.5. The number of hydrogen-bond donors (Lipinski definition) is 0. The third-order valence-corrected chi connectivity index (χ3v) is 8.07. The van der Waals surface area contributed by atoms with Crippen molar-refractivity contribution in [3.05, 3.63) is 82.3 Å². The fourth-order valence-corrected chi connectivity index (χ4v) is 6.36. The average molecular weight is 502 g/mol. The Balaban J connectivity index is 1.42. The van der Waals surface area contributed by atoms with E-state index < -0.39 is 17.8 Å². The first kappa shape index (κ1) is 25.0. The third kappa shape index (κ3) is 5.08. The van der Waals surface area contributed by atoms with Gasteiger partial charge in [-0.15, -0.1) is 0 Å². The standard InChI is InChI=1S/C29H31F4NO2/c1-17-11-21(13-22(12-17)29(31,32)33)18(2)36-27-10-5-20-15-34(24-8-9-25(35)14-24)16-26(20)28(27)19-3-6-23(30)7-4-19/h3-4,6-7,11-14,18,20,26-28H,5,8-10,15-16H2,1-2H3/t18-,20-,26-,27+,28+/m1/s1. The van der Waals surface area contributed by atoms with Gasteiger partial charge in [0.15, 0.2) is 5.78 Å². The van der Waals surface area contributed by atoms with Crippen LogP contribution < -0.4 is 0 Å². The molecule has 0 unspecified atom stereocenters. The fraction of sp³-hybridized carbons (Fsp3) is 0.483. The smallest absolute Gasteiger partial charge is 0.374 e. The van der Waals surface area contributed by atoms with Gasteiger partial charge in [-0.3, -0.25) is 4.79 Å². The van der Waals surface area contributed by atoms with Crippen molar-refractivity contribution in [2.75, 3.05) is 13.1 Å². The molecular weight excluding hydrogens is 470 g/mol. The van der Waals surface area contributed by atoms with Gasteiger partial charge in [0.1, 0.15) is 5.82 Å². The van der Waals surface area contributed by atoms with Crippen molar-refractivity contribution in [3.63, 3.8) is 0 Å². The number of ketones is 1. The number of allylic oxidation sites excluding steroid dienone is 2. The quantitative estimate of drug-likeness (QED) is 0.415. The second kappa shape index (κ2) is 9.66. The van der Waals surface area contributed by atoms with Crippen LogP contribution in [0.4, 0.5) is 17.6 Å². The topological polar surface area (TPSA) is 29.5 Å². The molecule has 1 saturated carbocycles. The highest BCUT2D eigenvalue weighted by atomic mass is 19.4. The number of aryl methyl sites for hydroxylation is 1. The monoisotopic (exact) mass is 501 g/mol. The van der Waals surface area contributed by atoms with Crippen LogP contribution in [0.15, 0.2) is 54.2 Å². The number of carbonyl (C=O) groups excluding carboxylic acids is 1. The maximum absolute atomic E-state index is 13.8. The number of nitrogens with zero attached hydrogens (tertiary/aromatic N) is 1. The molecule has 7 heteroatoms. The van der Waals surface area contributed by atoms with Crippen molar-refractivity contribution >= 4 is 5.78 Å². The first-order valence-electron chi connectivity index (χ1n) is 12.7. The van der Waals surface area contributed by atoms with Crippen LogP contribution in [0, 0.1) is 24.6 Å². The number of rotatable bonds is 5. The number of fused-ring (bicyclic) bond motifs is 1. The van der Waals surface area contributed by atoms with Crippen LogP contribution >= 0.6 is 0 Å². The highest BCUT2D eigenvalue weighted by molar-refractivity contribution is 5.92. The molecule has 0 spiro atoms. The summed E-state index contributed by atoms with van der Waals surface area (Å²) < 4.78 is 60.6. The Morgan fingerprint density at radius 1 is 1.03 bits per heavy atom. The molecule has 0 radical (unpaired) electrons. The average Bonchev–Trinajstić information content (AvgIpc) is 3.45. The van der Waals surface area contributed by atoms with Gasteiger partial charge < -0.3 is 9.64 Å². The highest BCUT2D eigenvalue weighted by Crippen LogP contribution is 2.49. The Kier molecular flexibility index (Phi) is 6.70. The summed E-state index contributed by atoms with van der Waals surface area (Å²) >= 11 is 0. The molecule has 36 heavy (non-hydrogen) atoms. The Labute approximate surface area is 209 Å². The molecule has 3 aliphatic rings. The summed E-state index contributed by atoms with van der Waals surface area (Å²) in [7, 11) is 0. The molecule has 5 atom stereocenters. The molecule has 2 aromatic rings. The molecule has 3 nitrogen and oxygen atoms in total. The van der Waals surface area contributed by atoms with Crippen molar-refractivity contribution < 1.29 is 27.1 Å². The number of halogens is 4. The molecule has 0 N–H and O–H groups in total. The summed E-state index contributed by atoms with van der Waals surface area (Å²) in [6, 6.07) is 10.6. The Bertz CT molecular complexity index is 1160. The number of hydrogen-bond acceptors (Lipinski definition) is 3. The van der Waals surface area contributed by atoms with E-state index in [0.717, 1.165) is 49.7 Å². The maximum Gasteiger partial charge on any atom is 0.416 e. The molecule has 1 saturated heterocycles. The molecule has 0 aromatic heterocycles. The Hall–Kier alpha value is -2.67. The van der Waals surface area contributed by atoms with Crippen molar-refractivity contribution in [2.24, 2.45) is 11.8 Å². The Morgan fingerprint density at radius 3 is 2.44 bits per heavy atom. The zero-order valence-electron chi connectivity index (χ0n) is 20.5. The number of benzene rings is 2. The van der Waals surface area contributed by atoms with Crippen molar-refractivity contribution in [3.8, 4) is 0 Å². The molecule has 5 rings (SSSR count). The van der Waals surface area contributed by atoms with Crippen molar-refractivity contribution in [1.82, 2.24) is 4.90 Å². The molecular formula is C29H31F4NO2.